The van der Waals surface area contributed by atoms with E-state index in [1.54, 1.807) is 24.3 Å². The van der Waals surface area contributed by atoms with E-state index in [2.05, 4.69) is 6.58 Å². The molecular weight excluding hydrogens is 390 g/mol. The van der Waals surface area contributed by atoms with Crippen LogP contribution < -0.4 is 0 Å². The van der Waals surface area contributed by atoms with Gasteiger partial charge in [-0.25, -0.2) is 13.2 Å². The number of alkyl halides is 3. The summed E-state index contributed by atoms with van der Waals surface area (Å²) < 4.78 is 79.6. The molecule has 0 saturated heterocycles. The molecular formula is C23H14F6. The summed E-state index contributed by atoms with van der Waals surface area (Å²) in [4.78, 5) is 0. The smallest absolute Gasteiger partial charge is 0.206 e. The van der Waals surface area contributed by atoms with Crippen molar-refractivity contribution in [3.8, 4) is 22.3 Å². The van der Waals surface area contributed by atoms with Gasteiger partial charge in [0.05, 0.1) is 0 Å². The number of hydrogen-bond acceptors (Lipinski definition) is 0. The molecule has 0 aliphatic heterocycles. The van der Waals surface area contributed by atoms with E-state index in [-0.39, 0.29) is 17.2 Å². The minimum Gasteiger partial charge on any atom is -0.206 e. The lowest BCUT2D eigenvalue weighted by Crippen LogP contribution is -2.01. The fourth-order valence-electron chi connectivity index (χ4n) is 2.82. The molecule has 0 fully saturated rings. The molecule has 6 heteroatoms. The molecule has 0 atom stereocenters. The van der Waals surface area contributed by atoms with E-state index in [1.165, 1.54) is 12.1 Å². The molecule has 3 aromatic carbocycles. The summed E-state index contributed by atoms with van der Waals surface area (Å²) in [5.74, 6) is -3.15. The Hall–Kier alpha value is -3.28. The second kappa shape index (κ2) is 7.99. The Morgan fingerprint density at radius 1 is 0.690 bits per heavy atom. The fourth-order valence-corrected chi connectivity index (χ4v) is 2.82. The molecule has 0 nitrogen and oxygen atoms in total. The topological polar surface area (TPSA) is 0 Å². The fraction of sp³-hybridized carbons (Fsp3) is 0.0435. The van der Waals surface area contributed by atoms with Crippen LogP contribution in [0.15, 0.2) is 67.3 Å². The third-order valence-electron chi connectivity index (χ3n) is 4.28. The van der Waals surface area contributed by atoms with E-state index in [9.17, 15) is 26.3 Å². The van der Waals surface area contributed by atoms with Crippen LogP contribution in [-0.2, 0) is 0 Å². The van der Waals surface area contributed by atoms with Crippen molar-refractivity contribution in [3.63, 3.8) is 0 Å². The zero-order valence-electron chi connectivity index (χ0n) is 14.9. The van der Waals surface area contributed by atoms with Crippen LogP contribution in [0.4, 0.5) is 26.3 Å². The quantitative estimate of drug-likeness (QED) is 0.392. The summed E-state index contributed by atoms with van der Waals surface area (Å²) in [5, 5.41) is 0. The molecule has 3 rings (SSSR count). The van der Waals surface area contributed by atoms with Crippen molar-refractivity contribution >= 4 is 12.2 Å². The number of halogens is 6. The van der Waals surface area contributed by atoms with Crippen LogP contribution in [0.1, 0.15) is 11.1 Å². The monoisotopic (exact) mass is 404 g/mol. The van der Waals surface area contributed by atoms with Crippen LogP contribution in [0, 0.1) is 17.5 Å². The minimum absolute atomic E-state index is 0.0689. The van der Waals surface area contributed by atoms with Gasteiger partial charge in [-0.2, -0.15) is 13.2 Å². The first-order chi connectivity index (χ1) is 13.7. The van der Waals surface area contributed by atoms with Gasteiger partial charge in [0.25, 0.3) is 0 Å². The SMILES string of the molecule is C=Cc1ccc(-c2ccc(-c3cc(F)c(/C=C/C(F)(F)F)c(F)c3)c(F)c2)cc1. The van der Waals surface area contributed by atoms with Crippen LogP contribution in [0.3, 0.4) is 0 Å². The van der Waals surface area contributed by atoms with E-state index < -0.39 is 29.2 Å². The van der Waals surface area contributed by atoms with Gasteiger partial charge in [0, 0.05) is 17.2 Å². The van der Waals surface area contributed by atoms with E-state index >= 15 is 0 Å². The Bertz CT molecular complexity index is 1050. The molecule has 0 amide bonds. The highest BCUT2D eigenvalue weighted by Gasteiger charge is 2.23. The van der Waals surface area contributed by atoms with Crippen LogP contribution in [0.25, 0.3) is 34.4 Å². The molecule has 0 radical (unpaired) electrons. The highest BCUT2D eigenvalue weighted by Crippen LogP contribution is 2.31. The van der Waals surface area contributed by atoms with Gasteiger partial charge in [0.1, 0.15) is 17.5 Å². The molecule has 0 aromatic heterocycles. The van der Waals surface area contributed by atoms with E-state index in [1.807, 2.05) is 12.1 Å². The number of rotatable bonds is 4. The average Bonchev–Trinajstić information content (AvgIpc) is 2.66. The van der Waals surface area contributed by atoms with Crippen LogP contribution in [0.5, 0.6) is 0 Å². The normalized spacial score (nSPS) is 11.8. The van der Waals surface area contributed by atoms with Gasteiger partial charge in [-0.1, -0.05) is 49.1 Å². The third-order valence-corrected chi connectivity index (χ3v) is 4.28. The van der Waals surface area contributed by atoms with Crippen molar-refractivity contribution in [1.29, 1.82) is 0 Å². The Labute approximate surface area is 163 Å². The van der Waals surface area contributed by atoms with Crippen LogP contribution >= 0.6 is 0 Å². The summed E-state index contributed by atoms with van der Waals surface area (Å²) in [6.45, 7) is 3.66. The second-order valence-corrected chi connectivity index (χ2v) is 6.25. The molecule has 0 N–H and O–H groups in total. The lowest BCUT2D eigenvalue weighted by molar-refractivity contribution is -0.0790. The summed E-state index contributed by atoms with van der Waals surface area (Å²) in [6.07, 6.45) is -2.99. The van der Waals surface area contributed by atoms with Gasteiger partial charge >= 0.3 is 6.18 Å². The number of allylic oxidation sites excluding steroid dienone is 1. The summed E-state index contributed by atoms with van der Waals surface area (Å²) in [6, 6.07) is 13.0. The standard InChI is InChI=1S/C23H14F6/c1-2-14-3-5-15(6-4-14)16-7-8-18(20(24)11-16)17-12-21(25)19(22(26)13-17)9-10-23(27,28)29/h2-13H,1H2/b10-9+. The van der Waals surface area contributed by atoms with Gasteiger partial charge < -0.3 is 0 Å². The Kier molecular flexibility index (Phi) is 5.64. The van der Waals surface area contributed by atoms with Gasteiger partial charge in [0.2, 0.25) is 0 Å². The van der Waals surface area contributed by atoms with E-state index in [4.69, 9.17) is 0 Å². The Morgan fingerprint density at radius 2 is 1.24 bits per heavy atom. The molecule has 29 heavy (non-hydrogen) atoms. The van der Waals surface area contributed by atoms with Crippen molar-refractivity contribution in [2.24, 2.45) is 0 Å². The van der Waals surface area contributed by atoms with Crippen molar-refractivity contribution in [2.45, 2.75) is 6.18 Å². The van der Waals surface area contributed by atoms with Crippen molar-refractivity contribution in [3.05, 3.63) is 95.8 Å². The molecule has 148 valence electrons. The maximum Gasteiger partial charge on any atom is 0.409 e. The Balaban J connectivity index is 1.96. The molecule has 0 heterocycles. The average molecular weight is 404 g/mol. The molecule has 0 aliphatic rings. The molecule has 0 aliphatic carbocycles. The molecule has 0 unspecified atom stereocenters. The summed E-state index contributed by atoms with van der Waals surface area (Å²) in [7, 11) is 0. The summed E-state index contributed by atoms with van der Waals surface area (Å²) >= 11 is 0. The first kappa shape index (κ1) is 20.5. The van der Waals surface area contributed by atoms with Crippen LogP contribution in [0.2, 0.25) is 0 Å². The maximum atomic E-state index is 14.6. The lowest BCUT2D eigenvalue weighted by atomic mass is 9.98. The lowest BCUT2D eigenvalue weighted by Gasteiger charge is -2.09. The van der Waals surface area contributed by atoms with Gasteiger partial charge in [-0.3, -0.25) is 0 Å². The van der Waals surface area contributed by atoms with Crippen molar-refractivity contribution < 1.29 is 26.3 Å². The van der Waals surface area contributed by atoms with E-state index in [0.29, 0.717) is 11.6 Å². The highest BCUT2D eigenvalue weighted by atomic mass is 19.4. The molecule has 3 aromatic rings. The van der Waals surface area contributed by atoms with Gasteiger partial charge in [-0.15, -0.1) is 0 Å². The zero-order chi connectivity index (χ0) is 21.2. The molecule has 0 spiro atoms. The summed E-state index contributed by atoms with van der Waals surface area (Å²) in [5.41, 5.74) is 1.18. The third kappa shape index (κ3) is 4.77. The minimum atomic E-state index is -4.70. The molecule has 0 saturated carbocycles. The molecule has 0 bridgehead atoms. The highest BCUT2D eigenvalue weighted by molar-refractivity contribution is 5.72. The largest absolute Gasteiger partial charge is 0.409 e. The van der Waals surface area contributed by atoms with Crippen molar-refractivity contribution in [2.75, 3.05) is 0 Å². The van der Waals surface area contributed by atoms with Crippen molar-refractivity contribution in [1.82, 2.24) is 0 Å². The predicted octanol–water partition coefficient (Wildman–Crippen LogP) is 7.66. The number of benzene rings is 3. The first-order valence-corrected chi connectivity index (χ1v) is 8.46. The predicted molar refractivity (Wildman–Crippen MR) is 102 cm³/mol. The second-order valence-electron chi connectivity index (χ2n) is 6.25. The van der Waals surface area contributed by atoms with E-state index in [0.717, 1.165) is 23.3 Å². The first-order valence-electron chi connectivity index (χ1n) is 8.46. The zero-order valence-corrected chi connectivity index (χ0v) is 14.9. The Morgan fingerprint density at radius 3 is 1.76 bits per heavy atom. The maximum absolute atomic E-state index is 14.6. The van der Waals surface area contributed by atoms with Crippen LogP contribution in [-0.4, -0.2) is 6.18 Å². The van der Waals surface area contributed by atoms with Gasteiger partial charge in [0.15, 0.2) is 0 Å². The number of hydrogen-bond donors (Lipinski definition) is 0. The van der Waals surface area contributed by atoms with Gasteiger partial charge in [-0.05, 0) is 46.5 Å².